The molecular formula is C20H28N2O2. The summed E-state index contributed by atoms with van der Waals surface area (Å²) >= 11 is 0. The lowest BCUT2D eigenvalue weighted by Gasteiger charge is -2.39. The maximum Gasteiger partial charge on any atom is 0.270 e. The van der Waals surface area contributed by atoms with Gasteiger partial charge in [-0.05, 0) is 24.5 Å². The monoisotopic (exact) mass is 328 g/mol. The summed E-state index contributed by atoms with van der Waals surface area (Å²) in [4.78, 5) is 18.2. The molecule has 1 aromatic carbocycles. The highest BCUT2D eigenvalue weighted by molar-refractivity contribution is 5.98. The van der Waals surface area contributed by atoms with Gasteiger partial charge in [-0.15, -0.1) is 0 Å². The number of amides is 1. The molecule has 130 valence electrons. The number of para-hydroxylation sites is 1. The zero-order valence-electron chi connectivity index (χ0n) is 14.9. The van der Waals surface area contributed by atoms with E-state index in [4.69, 9.17) is 4.74 Å². The van der Waals surface area contributed by atoms with Crippen LogP contribution in [0.5, 0.6) is 0 Å². The predicted octanol–water partition coefficient (Wildman–Crippen LogP) is 4.22. The number of morpholine rings is 1. The minimum absolute atomic E-state index is 0.0849. The highest BCUT2D eigenvalue weighted by atomic mass is 16.5. The molecule has 1 saturated heterocycles. The van der Waals surface area contributed by atoms with Crippen LogP contribution in [0.1, 0.15) is 50.5 Å². The zero-order valence-corrected chi connectivity index (χ0v) is 14.9. The number of ether oxygens (including phenoxy) is 1. The van der Waals surface area contributed by atoms with Gasteiger partial charge in [0.05, 0.1) is 12.2 Å². The number of hydrogen-bond acceptors (Lipinski definition) is 2. The Hall–Kier alpha value is -1.81. The molecule has 4 nitrogen and oxygen atoms in total. The number of fused-ring (bicyclic) bond motifs is 1. The van der Waals surface area contributed by atoms with E-state index in [1.54, 1.807) is 0 Å². The van der Waals surface area contributed by atoms with Gasteiger partial charge in [0.2, 0.25) is 0 Å². The van der Waals surface area contributed by atoms with Crippen molar-refractivity contribution in [3.63, 3.8) is 0 Å². The van der Waals surface area contributed by atoms with Gasteiger partial charge < -0.3 is 14.6 Å². The van der Waals surface area contributed by atoms with E-state index in [1.165, 1.54) is 0 Å². The Morgan fingerprint density at radius 1 is 1.33 bits per heavy atom. The second-order valence-corrected chi connectivity index (χ2v) is 7.16. The van der Waals surface area contributed by atoms with E-state index in [9.17, 15) is 4.79 Å². The Bertz CT molecular complexity index is 659. The number of unbranched alkanes of at least 4 members (excludes halogenated alkanes) is 1. The van der Waals surface area contributed by atoms with Gasteiger partial charge in [0.15, 0.2) is 0 Å². The molecule has 0 spiro atoms. The number of rotatable bonds is 5. The van der Waals surface area contributed by atoms with Gasteiger partial charge in [-0.1, -0.05) is 51.8 Å². The van der Waals surface area contributed by atoms with Gasteiger partial charge in [0, 0.05) is 24.0 Å². The Labute approximate surface area is 144 Å². The van der Waals surface area contributed by atoms with Crippen molar-refractivity contribution in [3.05, 3.63) is 36.0 Å². The molecule has 0 aliphatic carbocycles. The van der Waals surface area contributed by atoms with Crippen LogP contribution in [0.25, 0.3) is 10.9 Å². The fourth-order valence-corrected chi connectivity index (χ4v) is 3.35. The number of aromatic amines is 1. The maximum atomic E-state index is 13.0. The van der Waals surface area contributed by atoms with Crippen LogP contribution in [0, 0.1) is 5.92 Å². The predicted molar refractivity (Wildman–Crippen MR) is 97.2 cm³/mol. The van der Waals surface area contributed by atoms with Crippen molar-refractivity contribution in [2.75, 3.05) is 13.1 Å². The Balaban J connectivity index is 1.78. The van der Waals surface area contributed by atoms with Gasteiger partial charge >= 0.3 is 0 Å². The summed E-state index contributed by atoms with van der Waals surface area (Å²) in [6.45, 7) is 7.89. The molecule has 2 aromatic rings. The van der Waals surface area contributed by atoms with E-state index in [-0.39, 0.29) is 18.1 Å². The number of nitrogens with zero attached hydrogens (tertiary/aromatic N) is 1. The number of H-pyrrole nitrogens is 1. The second kappa shape index (κ2) is 7.39. The molecule has 1 N–H and O–H groups in total. The van der Waals surface area contributed by atoms with Crippen LogP contribution in [0.3, 0.4) is 0 Å². The second-order valence-electron chi connectivity index (χ2n) is 7.16. The first-order valence-corrected chi connectivity index (χ1v) is 9.11. The summed E-state index contributed by atoms with van der Waals surface area (Å²) in [5.41, 5.74) is 1.69. The number of carbonyl (C=O) groups is 1. The van der Waals surface area contributed by atoms with Crippen LogP contribution in [0.15, 0.2) is 30.3 Å². The standard InChI is InChI=1S/C20H28N2O2/c1-4-5-9-16-12-22(13-19(24-16)14(2)3)20(23)18-11-15-8-6-7-10-17(15)21-18/h6-8,10-11,14,16,19,21H,4-5,9,12-13H2,1-3H3/t16-,19-/m1/s1. The number of hydrogen-bond donors (Lipinski definition) is 1. The lowest BCUT2D eigenvalue weighted by Crippen LogP contribution is -2.51. The van der Waals surface area contributed by atoms with Crippen LogP contribution >= 0.6 is 0 Å². The fraction of sp³-hybridized carbons (Fsp3) is 0.550. The molecule has 0 saturated carbocycles. The minimum Gasteiger partial charge on any atom is -0.371 e. The van der Waals surface area contributed by atoms with E-state index in [1.807, 2.05) is 35.2 Å². The van der Waals surface area contributed by atoms with Gasteiger partial charge in [-0.3, -0.25) is 4.79 Å². The number of carbonyl (C=O) groups excluding carboxylic acids is 1. The smallest absolute Gasteiger partial charge is 0.270 e. The molecule has 2 heterocycles. The van der Waals surface area contributed by atoms with E-state index in [0.29, 0.717) is 24.7 Å². The highest BCUT2D eigenvalue weighted by Gasteiger charge is 2.32. The van der Waals surface area contributed by atoms with Crippen molar-refractivity contribution in [3.8, 4) is 0 Å². The van der Waals surface area contributed by atoms with E-state index in [0.717, 1.165) is 30.2 Å². The first-order chi connectivity index (χ1) is 11.6. The van der Waals surface area contributed by atoms with E-state index >= 15 is 0 Å². The summed E-state index contributed by atoms with van der Waals surface area (Å²) < 4.78 is 6.22. The first kappa shape index (κ1) is 17.0. The largest absolute Gasteiger partial charge is 0.371 e. The van der Waals surface area contributed by atoms with Gasteiger partial charge in [-0.25, -0.2) is 0 Å². The van der Waals surface area contributed by atoms with Crippen molar-refractivity contribution in [1.82, 2.24) is 9.88 Å². The van der Waals surface area contributed by atoms with Crippen LogP contribution in [0.2, 0.25) is 0 Å². The van der Waals surface area contributed by atoms with Crippen molar-refractivity contribution < 1.29 is 9.53 Å². The summed E-state index contributed by atoms with van der Waals surface area (Å²) in [6, 6.07) is 9.97. The van der Waals surface area contributed by atoms with Crippen molar-refractivity contribution in [2.45, 2.75) is 52.2 Å². The molecule has 1 aliphatic rings. The minimum atomic E-state index is 0.0849. The molecule has 0 radical (unpaired) electrons. The van der Waals surface area contributed by atoms with E-state index in [2.05, 4.69) is 25.8 Å². The number of aromatic nitrogens is 1. The third-order valence-electron chi connectivity index (χ3n) is 4.86. The SMILES string of the molecule is CCCC[C@@H]1CN(C(=O)c2cc3ccccc3[nH]2)C[C@H](C(C)C)O1. The lowest BCUT2D eigenvalue weighted by molar-refractivity contribution is -0.0963. The maximum absolute atomic E-state index is 13.0. The molecule has 0 unspecified atom stereocenters. The van der Waals surface area contributed by atoms with Crippen LogP contribution in [-0.4, -0.2) is 41.1 Å². The van der Waals surface area contributed by atoms with Crippen LogP contribution in [0.4, 0.5) is 0 Å². The summed E-state index contributed by atoms with van der Waals surface area (Å²) in [7, 11) is 0. The Morgan fingerprint density at radius 2 is 2.12 bits per heavy atom. The zero-order chi connectivity index (χ0) is 17.1. The number of nitrogens with one attached hydrogen (secondary N) is 1. The van der Waals surface area contributed by atoms with Crippen LogP contribution in [-0.2, 0) is 4.74 Å². The quantitative estimate of drug-likeness (QED) is 0.893. The molecule has 1 aromatic heterocycles. The third-order valence-corrected chi connectivity index (χ3v) is 4.86. The molecule has 2 atom stereocenters. The van der Waals surface area contributed by atoms with Crippen molar-refractivity contribution >= 4 is 16.8 Å². The fourth-order valence-electron chi connectivity index (χ4n) is 3.35. The molecule has 1 aliphatic heterocycles. The average molecular weight is 328 g/mol. The normalized spacial score (nSPS) is 21.6. The van der Waals surface area contributed by atoms with Crippen molar-refractivity contribution in [1.29, 1.82) is 0 Å². The van der Waals surface area contributed by atoms with Gasteiger partial charge in [0.25, 0.3) is 5.91 Å². The summed E-state index contributed by atoms with van der Waals surface area (Å²) in [5, 5.41) is 1.08. The molecular weight excluding hydrogens is 300 g/mol. The van der Waals surface area contributed by atoms with Crippen molar-refractivity contribution in [2.24, 2.45) is 5.92 Å². The molecule has 1 amide bonds. The molecule has 4 heteroatoms. The van der Waals surface area contributed by atoms with E-state index < -0.39 is 0 Å². The summed E-state index contributed by atoms with van der Waals surface area (Å²) in [6.07, 6.45) is 3.59. The molecule has 1 fully saturated rings. The Morgan fingerprint density at radius 3 is 2.83 bits per heavy atom. The average Bonchev–Trinajstić information content (AvgIpc) is 3.03. The molecule has 0 bridgehead atoms. The third kappa shape index (κ3) is 3.64. The highest BCUT2D eigenvalue weighted by Crippen LogP contribution is 2.23. The topological polar surface area (TPSA) is 45.3 Å². The Kier molecular flexibility index (Phi) is 5.24. The first-order valence-electron chi connectivity index (χ1n) is 9.11. The van der Waals surface area contributed by atoms with Gasteiger partial charge in [-0.2, -0.15) is 0 Å². The van der Waals surface area contributed by atoms with Crippen LogP contribution < -0.4 is 0 Å². The summed E-state index contributed by atoms with van der Waals surface area (Å²) in [5.74, 6) is 0.495. The number of benzene rings is 1. The lowest BCUT2D eigenvalue weighted by atomic mass is 10.0. The molecule has 24 heavy (non-hydrogen) atoms. The van der Waals surface area contributed by atoms with Gasteiger partial charge in [0.1, 0.15) is 5.69 Å². The molecule has 3 rings (SSSR count).